The number of cyclic esters (lactones) is 1. The van der Waals surface area contributed by atoms with Crippen LogP contribution in [-0.4, -0.2) is 73.5 Å². The molecular formula is C26H24O11. The van der Waals surface area contributed by atoms with E-state index in [0.29, 0.717) is 50.5 Å². The quantitative estimate of drug-likeness (QED) is 0.416. The monoisotopic (exact) mass is 512 g/mol. The predicted octanol–water partition coefficient (Wildman–Crippen LogP) is 1.74. The van der Waals surface area contributed by atoms with Crippen molar-refractivity contribution in [1.82, 2.24) is 0 Å². The van der Waals surface area contributed by atoms with Crippen LogP contribution in [0.25, 0.3) is 21.9 Å². The van der Waals surface area contributed by atoms with Crippen LogP contribution in [0, 0.1) is 0 Å². The second kappa shape index (κ2) is 8.67. The Morgan fingerprint density at radius 1 is 1.00 bits per heavy atom. The highest BCUT2D eigenvalue weighted by Crippen LogP contribution is 2.49. The number of methoxy groups -OCH3 is 2. The molecular weight excluding hydrogens is 488 g/mol. The molecule has 11 nitrogen and oxygen atoms in total. The van der Waals surface area contributed by atoms with Gasteiger partial charge in [0.25, 0.3) is 0 Å². The summed E-state index contributed by atoms with van der Waals surface area (Å²) in [6.45, 7) is -1.04. The van der Waals surface area contributed by atoms with Gasteiger partial charge in [-0.05, 0) is 35.2 Å². The van der Waals surface area contributed by atoms with E-state index in [9.17, 15) is 20.1 Å². The van der Waals surface area contributed by atoms with E-state index >= 15 is 0 Å². The van der Waals surface area contributed by atoms with Crippen LogP contribution in [0.3, 0.4) is 0 Å². The SMILES string of the molecule is COc1cc2c(O[C@@H]3OC[C@@](O)(CO)C3O)c3c(c(-c4ccc5c(c4)OCO5)c2cc1OC)C(=O)OC3. The Morgan fingerprint density at radius 2 is 1.73 bits per heavy atom. The normalized spacial score (nSPS) is 23.8. The zero-order valence-corrected chi connectivity index (χ0v) is 20.0. The molecule has 0 radical (unpaired) electrons. The van der Waals surface area contributed by atoms with Gasteiger partial charge in [0.1, 0.15) is 24.1 Å². The lowest BCUT2D eigenvalue weighted by Crippen LogP contribution is -2.48. The number of aliphatic hydroxyl groups excluding tert-OH is 2. The summed E-state index contributed by atoms with van der Waals surface area (Å²) in [6.07, 6.45) is -2.86. The Kier molecular flexibility index (Phi) is 5.53. The fourth-order valence-electron chi connectivity index (χ4n) is 4.90. The molecule has 1 unspecified atom stereocenters. The lowest BCUT2D eigenvalue weighted by Gasteiger charge is -2.25. The van der Waals surface area contributed by atoms with Crippen LogP contribution in [0.15, 0.2) is 30.3 Å². The first-order valence-electron chi connectivity index (χ1n) is 11.5. The van der Waals surface area contributed by atoms with E-state index in [1.54, 1.807) is 24.3 Å². The molecule has 0 aromatic heterocycles. The topological polar surface area (TPSA) is 142 Å². The zero-order valence-electron chi connectivity index (χ0n) is 20.0. The van der Waals surface area contributed by atoms with Crippen molar-refractivity contribution in [2.24, 2.45) is 0 Å². The Balaban J connectivity index is 1.61. The van der Waals surface area contributed by atoms with Gasteiger partial charge in [-0.1, -0.05) is 6.07 Å². The molecule has 11 heteroatoms. The molecule has 194 valence electrons. The van der Waals surface area contributed by atoms with Crippen LogP contribution in [-0.2, 0) is 16.1 Å². The molecule has 0 amide bonds. The second-order valence-electron chi connectivity index (χ2n) is 8.96. The van der Waals surface area contributed by atoms with E-state index < -0.39 is 30.6 Å². The summed E-state index contributed by atoms with van der Waals surface area (Å²) in [5.74, 6) is 1.62. The van der Waals surface area contributed by atoms with Crippen molar-refractivity contribution in [3.63, 3.8) is 0 Å². The van der Waals surface area contributed by atoms with Crippen LogP contribution in [0.2, 0.25) is 0 Å². The molecule has 0 spiro atoms. The zero-order chi connectivity index (χ0) is 25.9. The molecule has 0 bridgehead atoms. The summed E-state index contributed by atoms with van der Waals surface area (Å²) >= 11 is 0. The number of esters is 1. The van der Waals surface area contributed by atoms with Crippen LogP contribution in [0.5, 0.6) is 28.7 Å². The highest BCUT2D eigenvalue weighted by Gasteiger charge is 2.50. The van der Waals surface area contributed by atoms with Gasteiger partial charge in [-0.15, -0.1) is 0 Å². The van der Waals surface area contributed by atoms with Gasteiger partial charge in [0, 0.05) is 16.5 Å². The minimum atomic E-state index is -1.89. The van der Waals surface area contributed by atoms with Gasteiger partial charge in [0.15, 0.2) is 23.0 Å². The summed E-state index contributed by atoms with van der Waals surface area (Å²) in [7, 11) is 3.00. The number of benzene rings is 3. The smallest absolute Gasteiger partial charge is 0.339 e. The van der Waals surface area contributed by atoms with Gasteiger partial charge in [-0.3, -0.25) is 0 Å². The van der Waals surface area contributed by atoms with Gasteiger partial charge >= 0.3 is 5.97 Å². The molecule has 1 saturated heterocycles. The predicted molar refractivity (Wildman–Crippen MR) is 126 cm³/mol. The van der Waals surface area contributed by atoms with Crippen molar-refractivity contribution in [1.29, 1.82) is 0 Å². The van der Waals surface area contributed by atoms with Crippen molar-refractivity contribution in [3.8, 4) is 39.9 Å². The van der Waals surface area contributed by atoms with Crippen molar-refractivity contribution in [3.05, 3.63) is 41.5 Å². The van der Waals surface area contributed by atoms with E-state index in [1.807, 2.05) is 6.07 Å². The molecule has 3 N–H and O–H groups in total. The summed E-state index contributed by atoms with van der Waals surface area (Å²) in [5, 5.41) is 31.7. The molecule has 6 rings (SSSR count). The molecule has 1 fully saturated rings. The Labute approximate surface area is 210 Å². The van der Waals surface area contributed by atoms with E-state index in [-0.39, 0.29) is 31.3 Å². The van der Waals surface area contributed by atoms with Gasteiger partial charge in [-0.25, -0.2) is 4.79 Å². The standard InChI is InChI=1S/C26H24O11/c1-31-17-6-13-14(7-18(17)32-2)22(37-25-23(28)26(30,9-27)10-34-25)15-8-33-24(29)21(15)20(13)12-3-4-16-19(5-12)36-11-35-16/h3-7,23,25,27-28,30H,8-11H2,1-2H3/t23?,25-,26-/m0/s1. The van der Waals surface area contributed by atoms with Crippen molar-refractivity contribution in [2.75, 3.05) is 34.2 Å². The first-order valence-corrected chi connectivity index (χ1v) is 11.5. The highest BCUT2D eigenvalue weighted by molar-refractivity contribution is 6.14. The Hall–Kier alpha value is -3.77. The summed E-state index contributed by atoms with van der Waals surface area (Å²) in [4.78, 5) is 13.1. The molecule has 3 aliphatic rings. The molecule has 37 heavy (non-hydrogen) atoms. The lowest BCUT2D eigenvalue weighted by molar-refractivity contribution is -0.115. The molecule has 3 atom stereocenters. The van der Waals surface area contributed by atoms with E-state index in [1.165, 1.54) is 14.2 Å². The van der Waals surface area contributed by atoms with E-state index in [0.717, 1.165) is 0 Å². The van der Waals surface area contributed by atoms with Crippen molar-refractivity contribution >= 4 is 16.7 Å². The van der Waals surface area contributed by atoms with Gasteiger partial charge in [-0.2, -0.15) is 0 Å². The molecule has 3 heterocycles. The average molecular weight is 512 g/mol. The van der Waals surface area contributed by atoms with Gasteiger partial charge in [0.05, 0.1) is 33.0 Å². The molecule has 3 aromatic carbocycles. The van der Waals surface area contributed by atoms with Crippen molar-refractivity contribution in [2.45, 2.75) is 24.6 Å². The van der Waals surface area contributed by atoms with Crippen LogP contribution in [0.4, 0.5) is 0 Å². The van der Waals surface area contributed by atoms with Crippen LogP contribution in [0.1, 0.15) is 15.9 Å². The number of carbonyl (C=O) groups excluding carboxylic acids is 1. The molecule has 0 aliphatic carbocycles. The summed E-state index contributed by atoms with van der Waals surface area (Å²) in [6, 6.07) is 8.78. The fourth-order valence-corrected chi connectivity index (χ4v) is 4.90. The number of hydrogen-bond acceptors (Lipinski definition) is 11. The van der Waals surface area contributed by atoms with Gasteiger partial charge < -0.3 is 48.5 Å². The largest absolute Gasteiger partial charge is 0.493 e. The second-order valence-corrected chi connectivity index (χ2v) is 8.96. The minimum absolute atomic E-state index is 0.0849. The number of carbonyl (C=O) groups is 1. The maximum atomic E-state index is 13.1. The first kappa shape index (κ1) is 23.6. The fraction of sp³-hybridized carbons (Fsp3) is 0.346. The maximum Gasteiger partial charge on any atom is 0.339 e. The maximum absolute atomic E-state index is 13.1. The van der Waals surface area contributed by atoms with Crippen molar-refractivity contribution < 1.29 is 53.3 Å². The van der Waals surface area contributed by atoms with Crippen LogP contribution < -0.4 is 23.7 Å². The Morgan fingerprint density at radius 3 is 2.43 bits per heavy atom. The third-order valence-electron chi connectivity index (χ3n) is 6.89. The highest BCUT2D eigenvalue weighted by atomic mass is 16.7. The molecule has 3 aromatic rings. The number of fused-ring (bicyclic) bond motifs is 3. The van der Waals surface area contributed by atoms with Gasteiger partial charge in [0.2, 0.25) is 13.1 Å². The first-order chi connectivity index (χ1) is 17.9. The average Bonchev–Trinajstić information content (AvgIpc) is 3.62. The lowest BCUT2D eigenvalue weighted by atomic mass is 9.89. The number of ether oxygens (including phenoxy) is 7. The summed E-state index contributed by atoms with van der Waals surface area (Å²) in [5.41, 5.74) is 0.0726. The van der Waals surface area contributed by atoms with E-state index in [2.05, 4.69) is 0 Å². The molecule has 3 aliphatic heterocycles. The third kappa shape index (κ3) is 3.54. The minimum Gasteiger partial charge on any atom is -0.493 e. The third-order valence-corrected chi connectivity index (χ3v) is 6.89. The number of rotatable bonds is 6. The number of aliphatic hydroxyl groups is 3. The summed E-state index contributed by atoms with van der Waals surface area (Å²) < 4.78 is 39.1. The number of hydrogen-bond donors (Lipinski definition) is 3. The van der Waals surface area contributed by atoms with Crippen LogP contribution >= 0.6 is 0 Å². The molecule has 0 saturated carbocycles. The Bertz CT molecular complexity index is 1420. The van der Waals surface area contributed by atoms with E-state index in [4.69, 9.17) is 33.2 Å².